The number of benzene rings is 1. The number of amides is 3. The number of carbonyl (C=O) groups excluding carboxylic acids is 4. The number of hydrogen-bond donors (Lipinski definition) is 1. The molecule has 2 rings (SSSR count). The number of nitrogens with one attached hydrogen (secondary N) is 1. The van der Waals surface area contributed by atoms with E-state index in [1.807, 2.05) is 6.92 Å². The van der Waals surface area contributed by atoms with Gasteiger partial charge in [-0.15, -0.1) is 0 Å². The molecule has 0 aromatic heterocycles. The summed E-state index contributed by atoms with van der Waals surface area (Å²) in [6.45, 7) is 3.44. The van der Waals surface area contributed by atoms with E-state index < -0.39 is 18.0 Å². The van der Waals surface area contributed by atoms with Gasteiger partial charge in [0.2, 0.25) is 5.91 Å². The summed E-state index contributed by atoms with van der Waals surface area (Å²) >= 11 is 0.933. The summed E-state index contributed by atoms with van der Waals surface area (Å²) in [5.41, 5.74) is 1.09. The van der Waals surface area contributed by atoms with Gasteiger partial charge in [0.25, 0.3) is 11.1 Å². The zero-order valence-corrected chi connectivity index (χ0v) is 15.6. The van der Waals surface area contributed by atoms with Gasteiger partial charge in [-0.2, -0.15) is 0 Å². The first-order valence-corrected chi connectivity index (χ1v) is 8.92. The highest BCUT2D eigenvalue weighted by atomic mass is 32.2. The maximum absolute atomic E-state index is 12.3. The van der Waals surface area contributed by atoms with E-state index in [0.29, 0.717) is 5.75 Å². The maximum Gasteiger partial charge on any atom is 0.342 e. The number of methoxy groups -OCH3 is 1. The van der Waals surface area contributed by atoms with Crippen molar-refractivity contribution in [2.75, 3.05) is 26.0 Å². The smallest absolute Gasteiger partial charge is 0.342 e. The summed E-state index contributed by atoms with van der Waals surface area (Å²) < 4.78 is 10.3. The van der Waals surface area contributed by atoms with E-state index in [4.69, 9.17) is 9.47 Å². The van der Waals surface area contributed by atoms with Crippen LogP contribution in [0.3, 0.4) is 0 Å². The molecule has 1 aliphatic heterocycles. The number of imide groups is 1. The van der Waals surface area contributed by atoms with Crippen LogP contribution in [0.5, 0.6) is 5.75 Å². The average molecular weight is 380 g/mol. The Morgan fingerprint density at radius 1 is 1.35 bits per heavy atom. The molecule has 26 heavy (non-hydrogen) atoms. The third-order valence-corrected chi connectivity index (χ3v) is 4.56. The molecule has 3 amide bonds. The Kier molecular flexibility index (Phi) is 6.62. The molecule has 1 N–H and O–H groups in total. The predicted molar refractivity (Wildman–Crippen MR) is 95.2 cm³/mol. The van der Waals surface area contributed by atoms with E-state index in [2.05, 4.69) is 5.32 Å². The van der Waals surface area contributed by atoms with Crippen molar-refractivity contribution in [1.29, 1.82) is 0 Å². The van der Waals surface area contributed by atoms with Crippen molar-refractivity contribution in [3.63, 3.8) is 0 Å². The van der Waals surface area contributed by atoms with Gasteiger partial charge in [0.15, 0.2) is 6.10 Å². The van der Waals surface area contributed by atoms with E-state index in [1.165, 1.54) is 14.0 Å². The van der Waals surface area contributed by atoms with Crippen molar-refractivity contribution < 1.29 is 28.7 Å². The van der Waals surface area contributed by atoms with E-state index in [1.54, 1.807) is 18.2 Å². The van der Waals surface area contributed by atoms with E-state index >= 15 is 0 Å². The molecule has 0 bridgehead atoms. The standard InChI is InChI=1S/C17H20N2O6S/c1-10-4-5-13(24-3)12(8-10)16(22)25-11(2)15(21)18-6-7-19-14(20)9-26-17(19)23/h4-5,8,11H,6-7,9H2,1-3H3,(H,18,21)/t11-/m1/s1. The number of carbonyl (C=O) groups is 4. The summed E-state index contributed by atoms with van der Waals surface area (Å²) in [5, 5.41) is 2.22. The number of aryl methyl sites for hydroxylation is 1. The van der Waals surface area contributed by atoms with Crippen LogP contribution in [0.2, 0.25) is 0 Å². The lowest BCUT2D eigenvalue weighted by atomic mass is 10.1. The van der Waals surface area contributed by atoms with Crippen LogP contribution in [0.25, 0.3) is 0 Å². The molecule has 0 radical (unpaired) electrons. The molecular weight excluding hydrogens is 360 g/mol. The van der Waals surface area contributed by atoms with Crippen LogP contribution in [-0.2, 0) is 14.3 Å². The molecular formula is C17H20N2O6S. The van der Waals surface area contributed by atoms with Gasteiger partial charge in [0, 0.05) is 13.1 Å². The van der Waals surface area contributed by atoms with Crippen molar-refractivity contribution in [3.8, 4) is 5.75 Å². The van der Waals surface area contributed by atoms with Crippen molar-refractivity contribution in [2.45, 2.75) is 20.0 Å². The van der Waals surface area contributed by atoms with Gasteiger partial charge < -0.3 is 14.8 Å². The van der Waals surface area contributed by atoms with Gasteiger partial charge in [-0.05, 0) is 26.0 Å². The van der Waals surface area contributed by atoms with Crippen molar-refractivity contribution in [2.24, 2.45) is 0 Å². The second kappa shape index (κ2) is 8.70. The fourth-order valence-electron chi connectivity index (χ4n) is 2.29. The second-order valence-electron chi connectivity index (χ2n) is 5.64. The molecule has 1 aromatic rings. The number of ether oxygens (including phenoxy) is 2. The molecule has 1 aliphatic rings. The van der Waals surface area contributed by atoms with Gasteiger partial charge in [-0.25, -0.2) is 4.79 Å². The molecule has 0 spiro atoms. The van der Waals surface area contributed by atoms with Crippen molar-refractivity contribution in [1.82, 2.24) is 10.2 Å². The van der Waals surface area contributed by atoms with Crippen molar-refractivity contribution >= 4 is 34.8 Å². The Labute approximate surface area is 155 Å². The molecule has 9 heteroatoms. The molecule has 0 unspecified atom stereocenters. The highest BCUT2D eigenvalue weighted by Gasteiger charge is 2.29. The molecule has 1 saturated heterocycles. The van der Waals surface area contributed by atoms with Gasteiger partial charge >= 0.3 is 5.97 Å². The molecule has 1 atom stereocenters. The molecule has 1 aromatic carbocycles. The Hall–Kier alpha value is -2.55. The molecule has 140 valence electrons. The van der Waals surface area contributed by atoms with Gasteiger partial charge in [0.1, 0.15) is 11.3 Å². The third-order valence-electron chi connectivity index (χ3n) is 3.70. The van der Waals surface area contributed by atoms with Crippen LogP contribution in [0.15, 0.2) is 18.2 Å². The topological polar surface area (TPSA) is 102 Å². The lowest BCUT2D eigenvalue weighted by molar-refractivity contribution is -0.130. The summed E-state index contributed by atoms with van der Waals surface area (Å²) in [6, 6.07) is 5.07. The third kappa shape index (κ3) is 4.75. The molecule has 1 heterocycles. The summed E-state index contributed by atoms with van der Waals surface area (Å²) in [6.07, 6.45) is -1.04. The Bertz CT molecular complexity index is 720. The normalized spacial score (nSPS) is 15.0. The number of rotatable bonds is 7. The van der Waals surface area contributed by atoms with Crippen LogP contribution >= 0.6 is 11.8 Å². The fraction of sp³-hybridized carbons (Fsp3) is 0.412. The van der Waals surface area contributed by atoms with E-state index in [0.717, 1.165) is 22.2 Å². The quantitative estimate of drug-likeness (QED) is 0.713. The van der Waals surface area contributed by atoms with Gasteiger partial charge in [0.05, 0.1) is 12.9 Å². The molecule has 8 nitrogen and oxygen atoms in total. The zero-order valence-electron chi connectivity index (χ0n) is 14.7. The summed E-state index contributed by atoms with van der Waals surface area (Å²) in [5.74, 6) is -0.984. The zero-order chi connectivity index (χ0) is 19.3. The van der Waals surface area contributed by atoms with Gasteiger partial charge in [-0.3, -0.25) is 19.3 Å². The summed E-state index contributed by atoms with van der Waals surface area (Å²) in [4.78, 5) is 48.3. The number of hydrogen-bond acceptors (Lipinski definition) is 7. The van der Waals surface area contributed by atoms with E-state index in [9.17, 15) is 19.2 Å². The Morgan fingerprint density at radius 3 is 2.69 bits per heavy atom. The first kappa shape index (κ1) is 19.8. The lowest BCUT2D eigenvalue weighted by Gasteiger charge is -2.17. The Balaban J connectivity index is 1.86. The van der Waals surface area contributed by atoms with E-state index in [-0.39, 0.29) is 35.6 Å². The predicted octanol–water partition coefficient (Wildman–Crippen LogP) is 1.36. The average Bonchev–Trinajstić information content (AvgIpc) is 2.93. The SMILES string of the molecule is COc1ccc(C)cc1C(=O)O[C@H](C)C(=O)NCCN1C(=O)CSC1=O. The number of thioether (sulfide) groups is 1. The second-order valence-corrected chi connectivity index (χ2v) is 6.57. The van der Waals surface area contributed by atoms with Crippen LogP contribution in [0.1, 0.15) is 22.8 Å². The monoisotopic (exact) mass is 380 g/mol. The number of nitrogens with zero attached hydrogens (tertiary/aromatic N) is 1. The van der Waals surface area contributed by atoms with Gasteiger partial charge in [-0.1, -0.05) is 23.4 Å². The minimum atomic E-state index is -1.04. The number of esters is 1. The largest absolute Gasteiger partial charge is 0.496 e. The maximum atomic E-state index is 12.3. The lowest BCUT2D eigenvalue weighted by Crippen LogP contribution is -2.41. The van der Waals surface area contributed by atoms with Crippen LogP contribution in [-0.4, -0.2) is 60.0 Å². The summed E-state index contributed by atoms with van der Waals surface area (Å²) in [7, 11) is 1.44. The molecule has 0 saturated carbocycles. The molecule has 1 fully saturated rings. The first-order chi connectivity index (χ1) is 12.3. The van der Waals surface area contributed by atoms with Crippen LogP contribution < -0.4 is 10.1 Å². The Morgan fingerprint density at radius 2 is 2.08 bits per heavy atom. The highest BCUT2D eigenvalue weighted by Crippen LogP contribution is 2.21. The minimum Gasteiger partial charge on any atom is -0.496 e. The first-order valence-electron chi connectivity index (χ1n) is 7.94. The van der Waals surface area contributed by atoms with Crippen LogP contribution in [0.4, 0.5) is 4.79 Å². The van der Waals surface area contributed by atoms with Crippen molar-refractivity contribution in [3.05, 3.63) is 29.3 Å². The fourth-order valence-corrected chi connectivity index (χ4v) is 3.04. The van der Waals surface area contributed by atoms with Crippen LogP contribution in [0, 0.1) is 6.92 Å². The molecule has 0 aliphatic carbocycles. The highest BCUT2D eigenvalue weighted by molar-refractivity contribution is 8.14. The minimum absolute atomic E-state index is 0.0861.